The molecule has 0 amide bonds. The Labute approximate surface area is 101 Å². The molecule has 0 aromatic carbocycles. The number of ether oxygens (including phenoxy) is 2. The molecule has 0 unspecified atom stereocenters. The van der Waals surface area contributed by atoms with Crippen LogP contribution in [0.5, 0.6) is 0 Å². The van der Waals surface area contributed by atoms with E-state index in [-0.39, 0.29) is 24.8 Å². The first-order valence-corrected chi connectivity index (χ1v) is 5.50. The fourth-order valence-electron chi connectivity index (χ4n) is 1.00. The molecule has 0 atom stereocenters. The van der Waals surface area contributed by atoms with Crippen molar-refractivity contribution in [2.45, 2.75) is 33.1 Å². The number of allylic oxidation sites excluding steroid dienone is 1. The number of esters is 2. The van der Waals surface area contributed by atoms with Crippen LogP contribution in [0.1, 0.15) is 33.1 Å². The van der Waals surface area contributed by atoms with E-state index < -0.39 is 5.97 Å². The van der Waals surface area contributed by atoms with Crippen LogP contribution < -0.4 is 0 Å². The van der Waals surface area contributed by atoms with Crippen LogP contribution in [-0.2, 0) is 23.9 Å². The molecular formula is C12H18O5. The Kier molecular flexibility index (Phi) is 8.64. The number of hydrogen-bond acceptors (Lipinski definition) is 5. The van der Waals surface area contributed by atoms with Crippen molar-refractivity contribution >= 4 is 17.7 Å². The molecule has 17 heavy (non-hydrogen) atoms. The van der Waals surface area contributed by atoms with Gasteiger partial charge in [-0.1, -0.05) is 6.08 Å². The molecule has 0 N–H and O–H groups in total. The van der Waals surface area contributed by atoms with Gasteiger partial charge in [-0.25, -0.2) is 4.79 Å². The molecule has 0 rings (SSSR count). The van der Waals surface area contributed by atoms with Gasteiger partial charge in [0, 0.05) is 6.08 Å². The standard InChI is InChI=1S/C12H18O5/c1-3-6-11(14)16-7-4-5-8-17-12(15)9-10(2)13/h3,6H,4-5,7-9H2,1-2H3/b6-3+. The van der Waals surface area contributed by atoms with E-state index in [1.165, 1.54) is 13.0 Å². The number of unbranched alkanes of at least 4 members (excludes halogenated alkanes) is 1. The summed E-state index contributed by atoms with van der Waals surface area (Å²) in [7, 11) is 0. The zero-order valence-corrected chi connectivity index (χ0v) is 10.2. The van der Waals surface area contributed by atoms with Gasteiger partial charge in [0.25, 0.3) is 0 Å². The Morgan fingerprint density at radius 2 is 1.65 bits per heavy atom. The lowest BCUT2D eigenvalue weighted by Gasteiger charge is -2.04. The Hall–Kier alpha value is -1.65. The van der Waals surface area contributed by atoms with Gasteiger partial charge in [-0.3, -0.25) is 9.59 Å². The number of hydrogen-bond donors (Lipinski definition) is 0. The summed E-state index contributed by atoms with van der Waals surface area (Å²) in [6.45, 7) is 3.61. The predicted octanol–water partition coefficient (Wildman–Crippen LogP) is 1.41. The second kappa shape index (κ2) is 9.57. The molecule has 0 saturated heterocycles. The first-order chi connectivity index (χ1) is 8.06. The summed E-state index contributed by atoms with van der Waals surface area (Å²) in [5, 5.41) is 0. The molecule has 0 heterocycles. The summed E-state index contributed by atoms with van der Waals surface area (Å²) < 4.78 is 9.63. The van der Waals surface area contributed by atoms with Crippen molar-refractivity contribution in [3.8, 4) is 0 Å². The van der Waals surface area contributed by atoms with Crippen LogP contribution in [0.4, 0.5) is 0 Å². The maximum absolute atomic E-state index is 10.9. The van der Waals surface area contributed by atoms with E-state index in [2.05, 4.69) is 0 Å². The maximum atomic E-state index is 10.9. The summed E-state index contributed by atoms with van der Waals surface area (Å²) in [5.41, 5.74) is 0. The van der Waals surface area contributed by atoms with Gasteiger partial charge >= 0.3 is 11.9 Å². The Morgan fingerprint density at radius 3 is 2.18 bits per heavy atom. The van der Waals surface area contributed by atoms with E-state index in [9.17, 15) is 14.4 Å². The Morgan fingerprint density at radius 1 is 1.06 bits per heavy atom. The molecule has 0 aromatic rings. The average molecular weight is 242 g/mol. The number of carbonyl (C=O) groups is 3. The van der Waals surface area contributed by atoms with Gasteiger partial charge in [0.15, 0.2) is 0 Å². The van der Waals surface area contributed by atoms with Crippen molar-refractivity contribution in [1.29, 1.82) is 0 Å². The third-order valence-corrected chi connectivity index (χ3v) is 1.74. The zero-order valence-electron chi connectivity index (χ0n) is 10.2. The summed E-state index contributed by atoms with van der Waals surface area (Å²) in [5.74, 6) is -1.10. The summed E-state index contributed by atoms with van der Waals surface area (Å²) in [6.07, 6.45) is 3.98. The molecule has 0 aliphatic carbocycles. The minimum Gasteiger partial charge on any atom is -0.465 e. The highest BCUT2D eigenvalue weighted by Crippen LogP contribution is 1.95. The first kappa shape index (κ1) is 15.3. The van der Waals surface area contributed by atoms with Gasteiger partial charge in [-0.05, 0) is 26.7 Å². The Balaban J connectivity index is 3.38. The van der Waals surface area contributed by atoms with Crippen molar-refractivity contribution in [2.24, 2.45) is 0 Å². The normalized spacial score (nSPS) is 10.2. The topological polar surface area (TPSA) is 69.7 Å². The van der Waals surface area contributed by atoms with Crippen LogP contribution in [-0.4, -0.2) is 30.9 Å². The van der Waals surface area contributed by atoms with Gasteiger partial charge in [0.05, 0.1) is 13.2 Å². The lowest BCUT2D eigenvalue weighted by atomic mass is 10.3. The van der Waals surface area contributed by atoms with E-state index in [1.807, 2.05) is 0 Å². The third-order valence-electron chi connectivity index (χ3n) is 1.74. The minimum atomic E-state index is -0.511. The maximum Gasteiger partial charge on any atom is 0.330 e. The summed E-state index contributed by atoms with van der Waals surface area (Å²) >= 11 is 0. The van der Waals surface area contributed by atoms with Gasteiger partial charge in [-0.2, -0.15) is 0 Å². The van der Waals surface area contributed by atoms with Crippen LogP contribution in [0.15, 0.2) is 12.2 Å². The van der Waals surface area contributed by atoms with Gasteiger partial charge in [-0.15, -0.1) is 0 Å². The molecule has 5 nitrogen and oxygen atoms in total. The monoisotopic (exact) mass is 242 g/mol. The second-order valence-corrected chi connectivity index (χ2v) is 3.47. The molecule has 5 heteroatoms. The van der Waals surface area contributed by atoms with Crippen LogP contribution in [0.3, 0.4) is 0 Å². The highest BCUT2D eigenvalue weighted by molar-refractivity contribution is 5.94. The van der Waals surface area contributed by atoms with Crippen molar-refractivity contribution in [1.82, 2.24) is 0 Å². The molecule has 0 aliphatic heterocycles. The first-order valence-electron chi connectivity index (χ1n) is 5.50. The van der Waals surface area contributed by atoms with Crippen LogP contribution in [0, 0.1) is 0 Å². The fraction of sp³-hybridized carbons (Fsp3) is 0.583. The molecule has 0 aromatic heterocycles. The second-order valence-electron chi connectivity index (χ2n) is 3.47. The number of rotatable bonds is 8. The molecule has 0 saturated carbocycles. The van der Waals surface area contributed by atoms with Crippen molar-refractivity contribution in [3.05, 3.63) is 12.2 Å². The van der Waals surface area contributed by atoms with Crippen LogP contribution >= 0.6 is 0 Å². The SMILES string of the molecule is C/C=C/C(=O)OCCCCOC(=O)CC(C)=O. The molecule has 0 radical (unpaired) electrons. The molecular weight excluding hydrogens is 224 g/mol. The molecule has 0 fully saturated rings. The highest BCUT2D eigenvalue weighted by Gasteiger charge is 2.05. The highest BCUT2D eigenvalue weighted by atomic mass is 16.5. The lowest BCUT2D eigenvalue weighted by Crippen LogP contribution is -2.10. The molecule has 0 bridgehead atoms. The summed E-state index contributed by atoms with van der Waals surface area (Å²) in [6, 6.07) is 0. The van der Waals surface area contributed by atoms with Crippen LogP contribution in [0.2, 0.25) is 0 Å². The third kappa shape index (κ3) is 10.6. The molecule has 96 valence electrons. The van der Waals surface area contributed by atoms with Crippen molar-refractivity contribution in [3.63, 3.8) is 0 Å². The van der Waals surface area contributed by atoms with E-state index >= 15 is 0 Å². The van der Waals surface area contributed by atoms with E-state index in [4.69, 9.17) is 9.47 Å². The lowest BCUT2D eigenvalue weighted by molar-refractivity contribution is -0.146. The average Bonchev–Trinajstić information content (AvgIpc) is 2.22. The van der Waals surface area contributed by atoms with E-state index in [1.54, 1.807) is 13.0 Å². The fourth-order valence-corrected chi connectivity index (χ4v) is 1.00. The van der Waals surface area contributed by atoms with E-state index in [0.717, 1.165) is 0 Å². The van der Waals surface area contributed by atoms with Crippen molar-refractivity contribution < 1.29 is 23.9 Å². The number of ketones is 1. The van der Waals surface area contributed by atoms with E-state index in [0.29, 0.717) is 19.4 Å². The van der Waals surface area contributed by atoms with Gasteiger partial charge in [0.2, 0.25) is 0 Å². The Bertz CT molecular complexity index is 293. The van der Waals surface area contributed by atoms with Crippen LogP contribution in [0.25, 0.3) is 0 Å². The van der Waals surface area contributed by atoms with Gasteiger partial charge in [0.1, 0.15) is 12.2 Å². The largest absolute Gasteiger partial charge is 0.465 e. The predicted molar refractivity (Wildman–Crippen MR) is 61.3 cm³/mol. The molecule has 0 aliphatic rings. The zero-order chi connectivity index (χ0) is 13.1. The van der Waals surface area contributed by atoms with Crippen molar-refractivity contribution in [2.75, 3.05) is 13.2 Å². The molecule has 0 spiro atoms. The van der Waals surface area contributed by atoms with Gasteiger partial charge < -0.3 is 9.47 Å². The number of Topliss-reactive ketones (excluding diaryl/α,β-unsaturated/α-hetero) is 1. The summed E-state index contributed by atoms with van der Waals surface area (Å²) in [4.78, 5) is 32.4. The minimum absolute atomic E-state index is 0.184. The quantitative estimate of drug-likeness (QED) is 0.278. The number of carbonyl (C=O) groups excluding carboxylic acids is 3. The smallest absolute Gasteiger partial charge is 0.330 e.